The Morgan fingerprint density at radius 3 is 1.38 bits per heavy atom. The molecule has 0 fully saturated rings. The Morgan fingerprint density at radius 1 is 0.640 bits per heavy atom. The van der Waals surface area contributed by atoms with Gasteiger partial charge in [0.05, 0.1) is 59.4 Å². The number of ketones is 2. The molecule has 2 N–H and O–H groups in total. The molecule has 6 rings (SSSR count). The SMILES string of the molecule is CC(=O)c1c(Cl)cncc1Cl.CC(=O)c1sc2cncc(O)c2c1C.COC(=O)c1sc2cncc(O)c2c1C.Clc1cncc(Cl)c1.[Ar].[Ar]. The maximum absolute atomic E-state index is 11.4. The van der Waals surface area contributed by atoms with Crippen molar-refractivity contribution >= 4 is 107 Å². The number of aryl methyl sites for hydroxylation is 2. The number of hydrogen-bond acceptors (Lipinski definition) is 12. The van der Waals surface area contributed by atoms with Gasteiger partial charge in [0.2, 0.25) is 0 Å². The van der Waals surface area contributed by atoms with Crippen LogP contribution in [0.3, 0.4) is 0 Å². The number of ether oxygens (including phenoxy) is 1. The number of halogens is 4. The Kier molecular flexibility index (Phi) is 20.5. The fourth-order valence-corrected chi connectivity index (χ4v) is 7.37. The van der Waals surface area contributed by atoms with Gasteiger partial charge in [-0.25, -0.2) is 4.79 Å². The minimum absolute atomic E-state index is 0. The molecule has 0 aliphatic rings. The minimum atomic E-state index is -0.381. The van der Waals surface area contributed by atoms with Crippen LogP contribution in [0, 0.1) is 89.3 Å². The number of aromatic nitrogens is 4. The Balaban J connectivity index is 0.000000337. The molecule has 0 atom stereocenters. The molecule has 0 aliphatic carbocycles. The minimum Gasteiger partial charge on any atom is -0.506 e. The number of fused-ring (bicyclic) bond motifs is 2. The third-order valence-electron chi connectivity index (χ3n) is 6.21. The molecule has 6 aromatic heterocycles. The number of aromatic hydroxyl groups is 2. The zero-order valence-corrected chi connectivity index (χ0v) is 32.6. The number of hydrogen-bond donors (Lipinski definition) is 2. The topological polar surface area (TPSA) is 152 Å². The predicted octanol–water partition coefficient (Wildman–Crippen LogP) is 9.59. The van der Waals surface area contributed by atoms with Crippen LogP contribution in [0.1, 0.15) is 54.7 Å². The molecular formula is C32H26Ar2Cl4N4O6S2. The maximum atomic E-state index is 11.4. The maximum Gasteiger partial charge on any atom is 0.348 e. The van der Waals surface area contributed by atoms with Gasteiger partial charge in [-0.15, -0.1) is 22.7 Å². The van der Waals surface area contributed by atoms with Crippen LogP contribution in [-0.4, -0.2) is 54.8 Å². The predicted molar refractivity (Wildman–Crippen MR) is 192 cm³/mol. The number of thiophene rings is 2. The Bertz CT molecular complexity index is 2090. The fourth-order valence-electron chi connectivity index (χ4n) is 4.13. The summed E-state index contributed by atoms with van der Waals surface area (Å²) in [5.41, 5.74) is 1.92. The molecule has 6 heterocycles. The zero-order valence-electron chi connectivity index (χ0n) is 26.5. The molecule has 0 saturated carbocycles. The molecule has 0 spiro atoms. The first-order chi connectivity index (χ1) is 22.7. The van der Waals surface area contributed by atoms with Crippen molar-refractivity contribution in [3.05, 3.63) is 102 Å². The van der Waals surface area contributed by atoms with Gasteiger partial charge >= 0.3 is 5.97 Å². The van der Waals surface area contributed by atoms with Gasteiger partial charge in [-0.1, -0.05) is 46.4 Å². The molecule has 0 bridgehead atoms. The van der Waals surface area contributed by atoms with Crippen molar-refractivity contribution in [3.63, 3.8) is 0 Å². The number of pyridine rings is 4. The fraction of sp³-hybridized carbons (Fsp3) is 0.156. The second-order valence-electron chi connectivity index (χ2n) is 9.58. The van der Waals surface area contributed by atoms with Crippen LogP contribution >= 0.6 is 69.1 Å². The van der Waals surface area contributed by atoms with E-state index >= 15 is 0 Å². The number of rotatable bonds is 3. The van der Waals surface area contributed by atoms with E-state index in [0.717, 1.165) is 25.9 Å². The summed E-state index contributed by atoms with van der Waals surface area (Å²) in [6.07, 6.45) is 11.9. The first-order valence-electron chi connectivity index (χ1n) is 13.4. The largest absolute Gasteiger partial charge is 0.506 e. The number of carbonyl (C=O) groups is 3. The van der Waals surface area contributed by atoms with Crippen LogP contribution in [0.15, 0.2) is 55.6 Å². The van der Waals surface area contributed by atoms with E-state index < -0.39 is 0 Å². The van der Waals surface area contributed by atoms with Crippen molar-refractivity contribution in [1.82, 2.24) is 19.9 Å². The number of carbonyl (C=O) groups excluding carboxylic acids is 3. The second-order valence-corrected chi connectivity index (χ2v) is 13.4. The van der Waals surface area contributed by atoms with Gasteiger partial charge in [-0.2, -0.15) is 0 Å². The van der Waals surface area contributed by atoms with Crippen molar-refractivity contribution in [2.45, 2.75) is 27.7 Å². The van der Waals surface area contributed by atoms with E-state index in [0.29, 0.717) is 40.8 Å². The van der Waals surface area contributed by atoms with Crippen LogP contribution in [0.4, 0.5) is 0 Å². The molecule has 10 nitrogen and oxygen atoms in total. The summed E-state index contributed by atoms with van der Waals surface area (Å²) in [6.45, 7) is 6.56. The molecule has 6 aromatic rings. The van der Waals surface area contributed by atoms with Gasteiger partial charge in [-0.05, 0) is 44.9 Å². The summed E-state index contributed by atoms with van der Waals surface area (Å²) in [5, 5.41) is 22.3. The second kappa shape index (κ2) is 22.0. The Hall–Kier alpha value is -1.39. The van der Waals surface area contributed by atoms with E-state index in [1.165, 1.54) is 80.8 Å². The van der Waals surface area contributed by atoms with Crippen molar-refractivity contribution in [3.8, 4) is 11.5 Å². The third-order valence-corrected chi connectivity index (χ3v) is 9.73. The zero-order chi connectivity index (χ0) is 35.7. The van der Waals surface area contributed by atoms with Crippen LogP contribution in [0.5, 0.6) is 11.5 Å². The van der Waals surface area contributed by atoms with Crippen molar-refractivity contribution < 1.29 is 105 Å². The monoisotopic (exact) mass is 846 g/mol. The molecular weight excluding hydrogens is 822 g/mol. The van der Waals surface area contributed by atoms with Crippen molar-refractivity contribution in [1.29, 1.82) is 0 Å². The number of methoxy groups -OCH3 is 1. The van der Waals surface area contributed by atoms with Crippen LogP contribution < -0.4 is 0 Å². The van der Waals surface area contributed by atoms with Crippen LogP contribution in [0.2, 0.25) is 20.1 Å². The first-order valence-corrected chi connectivity index (χ1v) is 16.6. The molecule has 18 heteroatoms. The molecule has 0 aliphatic heterocycles. The molecule has 0 radical (unpaired) electrons. The molecule has 266 valence electrons. The van der Waals surface area contributed by atoms with Gasteiger partial charge in [-0.3, -0.25) is 29.5 Å². The van der Waals surface area contributed by atoms with Gasteiger partial charge in [0.15, 0.2) is 11.6 Å². The first kappa shape index (κ1) is 46.6. The third kappa shape index (κ3) is 12.3. The van der Waals surface area contributed by atoms with E-state index in [4.69, 9.17) is 46.4 Å². The van der Waals surface area contributed by atoms with Gasteiger partial charge in [0.1, 0.15) is 16.4 Å². The van der Waals surface area contributed by atoms with Crippen molar-refractivity contribution in [2.75, 3.05) is 7.11 Å². The summed E-state index contributed by atoms with van der Waals surface area (Å²) in [7, 11) is 1.34. The van der Waals surface area contributed by atoms with E-state index in [9.17, 15) is 24.6 Å². The van der Waals surface area contributed by atoms with E-state index in [1.807, 2.05) is 6.92 Å². The van der Waals surface area contributed by atoms with Gasteiger partial charge in [0.25, 0.3) is 0 Å². The quantitative estimate of drug-likeness (QED) is 0.130. The molecule has 0 saturated heterocycles. The summed E-state index contributed by atoms with van der Waals surface area (Å²) in [4.78, 5) is 49.9. The van der Waals surface area contributed by atoms with Gasteiger partial charge < -0.3 is 14.9 Å². The summed E-state index contributed by atoms with van der Waals surface area (Å²) < 4.78 is 6.30. The standard InChI is InChI=1S/C10H9NO3S.C10H9NO2S.C7H5Cl2NO.C5H3Cl2N.2Ar/c1-5-8-6(12)3-11-4-7(8)15-9(5)10(13)14-2;1-5-9-7(13)3-11-4-8(9)14-10(5)6(2)12;1-4(11)7-5(8)2-10-3-6(7)9;6-4-1-5(7)3-8-2-4;;/h3-4,12H,1-2H3;3-4,13H,1-2H3;2-3H,1H3;1-3H;;. The summed E-state index contributed by atoms with van der Waals surface area (Å²) >= 11 is 25.0. The normalized spacial score (nSPS) is 9.78. The van der Waals surface area contributed by atoms with E-state index in [2.05, 4.69) is 24.7 Å². The molecule has 0 amide bonds. The molecule has 50 heavy (non-hydrogen) atoms. The average Bonchev–Trinajstić information content (AvgIpc) is 3.55. The smallest absolute Gasteiger partial charge is 0.348 e. The van der Waals surface area contributed by atoms with E-state index in [-0.39, 0.29) is 105 Å². The Labute approximate surface area is 375 Å². The summed E-state index contributed by atoms with van der Waals surface area (Å²) in [5.74, 6) is -0.265. The average molecular weight is 848 g/mol. The number of Topliss-reactive ketones (excluding diaryl/α,β-unsaturated/α-hetero) is 2. The van der Waals surface area contributed by atoms with Crippen LogP contribution in [-0.2, 0) is 4.74 Å². The van der Waals surface area contributed by atoms with Crippen molar-refractivity contribution in [2.24, 2.45) is 0 Å². The van der Waals surface area contributed by atoms with Gasteiger partial charge in [0, 0.05) is 123 Å². The number of esters is 1. The Morgan fingerprint density at radius 2 is 1.04 bits per heavy atom. The van der Waals surface area contributed by atoms with E-state index in [1.54, 1.807) is 25.4 Å². The number of nitrogens with zero attached hydrogens (tertiary/aromatic N) is 4. The van der Waals surface area contributed by atoms with Crippen LogP contribution in [0.25, 0.3) is 20.2 Å². The molecule has 0 unspecified atom stereocenters. The summed E-state index contributed by atoms with van der Waals surface area (Å²) in [6, 6.07) is 1.64. The molecule has 0 aromatic carbocycles.